The molecule has 0 radical (unpaired) electrons. The summed E-state index contributed by atoms with van der Waals surface area (Å²) in [6.07, 6.45) is 3.35. The standard InChI is InChI=1S/C21H21NO3/c23-20(15-8-4-9-16(12-15)21(24)25)22-13-18(14-6-2-1-3-7-14)17-10-5-11-19(17)22/h1-4,6-9,12,17-19H,5,10-11,13H2,(H,24,25). The van der Waals surface area contributed by atoms with Gasteiger partial charge in [0.15, 0.2) is 0 Å². The van der Waals surface area contributed by atoms with Crippen LogP contribution in [0.4, 0.5) is 0 Å². The molecule has 128 valence electrons. The van der Waals surface area contributed by atoms with E-state index < -0.39 is 5.97 Å². The van der Waals surface area contributed by atoms with Crippen molar-refractivity contribution in [1.82, 2.24) is 4.90 Å². The lowest BCUT2D eigenvalue weighted by atomic mass is 9.87. The van der Waals surface area contributed by atoms with Gasteiger partial charge in [0.05, 0.1) is 5.56 Å². The predicted octanol–water partition coefficient (Wildman–Crippen LogP) is 3.79. The summed E-state index contributed by atoms with van der Waals surface area (Å²) in [7, 11) is 0. The van der Waals surface area contributed by atoms with E-state index in [4.69, 9.17) is 0 Å². The number of rotatable bonds is 3. The lowest BCUT2D eigenvalue weighted by Crippen LogP contribution is -2.36. The number of carboxylic acids is 1. The largest absolute Gasteiger partial charge is 0.478 e. The second kappa shape index (κ2) is 6.36. The van der Waals surface area contributed by atoms with Crippen molar-refractivity contribution in [3.63, 3.8) is 0 Å². The fourth-order valence-electron chi connectivity index (χ4n) is 4.55. The molecule has 3 atom stereocenters. The van der Waals surface area contributed by atoms with Gasteiger partial charge in [0.25, 0.3) is 5.91 Å². The molecule has 4 nitrogen and oxygen atoms in total. The highest BCUT2D eigenvalue weighted by Crippen LogP contribution is 2.46. The fourth-order valence-corrected chi connectivity index (χ4v) is 4.55. The highest BCUT2D eigenvalue weighted by Gasteiger charge is 2.46. The summed E-state index contributed by atoms with van der Waals surface area (Å²) in [6, 6.07) is 17.1. The molecule has 1 saturated heterocycles. The highest BCUT2D eigenvalue weighted by atomic mass is 16.4. The zero-order valence-electron chi connectivity index (χ0n) is 14.0. The van der Waals surface area contributed by atoms with Crippen molar-refractivity contribution >= 4 is 11.9 Å². The number of likely N-dealkylation sites (tertiary alicyclic amines) is 1. The Bertz CT molecular complexity index is 802. The number of aromatic carboxylic acids is 1. The van der Waals surface area contributed by atoms with Gasteiger partial charge in [-0.3, -0.25) is 4.79 Å². The number of hydrogen-bond donors (Lipinski definition) is 1. The predicted molar refractivity (Wildman–Crippen MR) is 94.7 cm³/mol. The smallest absolute Gasteiger partial charge is 0.335 e. The van der Waals surface area contributed by atoms with E-state index in [-0.39, 0.29) is 17.5 Å². The van der Waals surface area contributed by atoms with Gasteiger partial charge >= 0.3 is 5.97 Å². The summed E-state index contributed by atoms with van der Waals surface area (Å²) >= 11 is 0. The van der Waals surface area contributed by atoms with Crippen LogP contribution in [-0.2, 0) is 0 Å². The van der Waals surface area contributed by atoms with E-state index in [1.54, 1.807) is 12.1 Å². The van der Waals surface area contributed by atoms with Crippen LogP contribution in [0.3, 0.4) is 0 Å². The molecule has 4 heteroatoms. The van der Waals surface area contributed by atoms with Crippen molar-refractivity contribution in [3.05, 3.63) is 71.3 Å². The van der Waals surface area contributed by atoms with Gasteiger partial charge in [0.2, 0.25) is 0 Å². The molecule has 2 aromatic carbocycles. The van der Waals surface area contributed by atoms with Crippen LogP contribution < -0.4 is 0 Å². The van der Waals surface area contributed by atoms with E-state index in [0.29, 0.717) is 17.4 Å². The van der Waals surface area contributed by atoms with E-state index >= 15 is 0 Å². The average molecular weight is 335 g/mol. The third-order valence-electron chi connectivity index (χ3n) is 5.69. The monoisotopic (exact) mass is 335 g/mol. The first kappa shape index (κ1) is 15.9. The lowest BCUT2D eigenvalue weighted by molar-refractivity contribution is 0.0697. The van der Waals surface area contributed by atoms with Crippen LogP contribution in [0.2, 0.25) is 0 Å². The molecular weight excluding hydrogens is 314 g/mol. The Morgan fingerprint density at radius 2 is 1.72 bits per heavy atom. The van der Waals surface area contributed by atoms with Crippen molar-refractivity contribution < 1.29 is 14.7 Å². The first-order chi connectivity index (χ1) is 12.1. The molecule has 0 bridgehead atoms. The number of benzene rings is 2. The fraction of sp³-hybridized carbons (Fsp3) is 0.333. The zero-order chi connectivity index (χ0) is 17.4. The number of carbonyl (C=O) groups is 2. The van der Waals surface area contributed by atoms with E-state index in [2.05, 4.69) is 24.3 Å². The molecule has 1 aliphatic carbocycles. The number of carbonyl (C=O) groups excluding carboxylic acids is 1. The topological polar surface area (TPSA) is 57.6 Å². The van der Waals surface area contributed by atoms with Crippen LogP contribution in [-0.4, -0.2) is 34.5 Å². The second-order valence-corrected chi connectivity index (χ2v) is 7.02. The molecule has 0 spiro atoms. The molecule has 3 unspecified atom stereocenters. The quantitative estimate of drug-likeness (QED) is 0.928. The molecular formula is C21H21NO3. The Morgan fingerprint density at radius 1 is 0.960 bits per heavy atom. The van der Waals surface area contributed by atoms with Gasteiger partial charge < -0.3 is 10.0 Å². The summed E-state index contributed by atoms with van der Waals surface area (Å²) in [5.74, 6) is -0.162. The average Bonchev–Trinajstić information content (AvgIpc) is 3.24. The van der Waals surface area contributed by atoms with E-state index in [9.17, 15) is 14.7 Å². The Labute approximate surface area is 147 Å². The first-order valence-corrected chi connectivity index (χ1v) is 8.84. The van der Waals surface area contributed by atoms with E-state index in [0.717, 1.165) is 25.8 Å². The zero-order valence-corrected chi connectivity index (χ0v) is 14.0. The van der Waals surface area contributed by atoms with E-state index in [1.807, 2.05) is 11.0 Å². The highest BCUT2D eigenvalue weighted by molar-refractivity contribution is 5.97. The second-order valence-electron chi connectivity index (χ2n) is 7.02. The molecule has 1 saturated carbocycles. The van der Waals surface area contributed by atoms with Crippen molar-refractivity contribution in [2.24, 2.45) is 5.92 Å². The number of amides is 1. The van der Waals surface area contributed by atoms with Crippen LogP contribution in [0, 0.1) is 5.92 Å². The molecule has 2 aliphatic rings. The number of carboxylic acid groups (broad SMARTS) is 1. The first-order valence-electron chi connectivity index (χ1n) is 8.84. The maximum atomic E-state index is 13.1. The van der Waals surface area contributed by atoms with E-state index in [1.165, 1.54) is 17.7 Å². The van der Waals surface area contributed by atoms with Crippen LogP contribution in [0.25, 0.3) is 0 Å². The molecule has 4 rings (SSSR count). The molecule has 2 aromatic rings. The van der Waals surface area contributed by atoms with Crippen molar-refractivity contribution in [3.8, 4) is 0 Å². The number of nitrogens with zero attached hydrogens (tertiary/aromatic N) is 1. The van der Waals surface area contributed by atoms with Crippen molar-refractivity contribution in [2.75, 3.05) is 6.54 Å². The van der Waals surface area contributed by atoms with Gasteiger partial charge in [-0.15, -0.1) is 0 Å². The molecule has 1 heterocycles. The minimum Gasteiger partial charge on any atom is -0.478 e. The minimum atomic E-state index is -1.00. The number of fused-ring (bicyclic) bond motifs is 1. The molecule has 25 heavy (non-hydrogen) atoms. The SMILES string of the molecule is O=C(O)c1cccc(C(=O)N2CC(c3ccccc3)C3CCCC32)c1. The molecule has 1 N–H and O–H groups in total. The summed E-state index contributed by atoms with van der Waals surface area (Å²) < 4.78 is 0. The Kier molecular flexibility index (Phi) is 4.04. The minimum absolute atomic E-state index is 0.0431. The van der Waals surface area contributed by atoms with Gasteiger partial charge in [0, 0.05) is 24.1 Å². The van der Waals surface area contributed by atoms with Crippen LogP contribution in [0.1, 0.15) is 51.5 Å². The Hall–Kier alpha value is -2.62. The maximum absolute atomic E-state index is 13.1. The molecule has 1 aliphatic heterocycles. The maximum Gasteiger partial charge on any atom is 0.335 e. The lowest BCUT2D eigenvalue weighted by Gasteiger charge is -2.24. The Morgan fingerprint density at radius 3 is 2.48 bits per heavy atom. The summed E-state index contributed by atoms with van der Waals surface area (Å²) in [6.45, 7) is 0.718. The normalized spacial score (nSPS) is 25.0. The van der Waals surface area contributed by atoms with Gasteiger partial charge in [-0.1, -0.05) is 42.8 Å². The third kappa shape index (κ3) is 2.82. The summed E-state index contributed by atoms with van der Waals surface area (Å²) in [5, 5.41) is 9.17. The molecule has 1 amide bonds. The third-order valence-corrected chi connectivity index (χ3v) is 5.69. The van der Waals surface area contributed by atoms with Crippen LogP contribution in [0.15, 0.2) is 54.6 Å². The summed E-state index contributed by atoms with van der Waals surface area (Å²) in [5.41, 5.74) is 1.93. The van der Waals surface area contributed by atoms with Crippen LogP contribution in [0.5, 0.6) is 0 Å². The van der Waals surface area contributed by atoms with Crippen LogP contribution >= 0.6 is 0 Å². The van der Waals surface area contributed by atoms with Crippen molar-refractivity contribution in [1.29, 1.82) is 0 Å². The van der Waals surface area contributed by atoms with Gasteiger partial charge in [-0.2, -0.15) is 0 Å². The van der Waals surface area contributed by atoms with Crippen molar-refractivity contribution in [2.45, 2.75) is 31.2 Å². The number of hydrogen-bond acceptors (Lipinski definition) is 2. The van der Waals surface area contributed by atoms with Gasteiger partial charge in [0.1, 0.15) is 0 Å². The molecule has 0 aromatic heterocycles. The summed E-state index contributed by atoms with van der Waals surface area (Å²) in [4.78, 5) is 26.2. The molecule has 2 fully saturated rings. The van der Waals surface area contributed by atoms with Gasteiger partial charge in [-0.05, 0) is 42.5 Å². The van der Waals surface area contributed by atoms with Gasteiger partial charge in [-0.25, -0.2) is 4.79 Å². The Balaban J connectivity index is 1.63.